The Hall–Kier alpha value is -2.08. The lowest BCUT2D eigenvalue weighted by atomic mass is 10.1. The average molecular weight is 277 g/mol. The maximum Gasteiger partial charge on any atom is 0.273 e. The molecule has 0 saturated carbocycles. The highest BCUT2D eigenvalue weighted by Crippen LogP contribution is 2.20. The Labute approximate surface area is 117 Å². The van der Waals surface area contributed by atoms with Crippen LogP contribution >= 0.6 is 0 Å². The summed E-state index contributed by atoms with van der Waals surface area (Å²) >= 11 is 0. The van der Waals surface area contributed by atoms with Gasteiger partial charge in [0.15, 0.2) is 11.5 Å². The lowest BCUT2D eigenvalue weighted by molar-refractivity contribution is 0.0926. The van der Waals surface area contributed by atoms with Crippen LogP contribution in [0.4, 0.5) is 0 Å². The van der Waals surface area contributed by atoms with E-state index in [0.29, 0.717) is 18.1 Å². The minimum atomic E-state index is -0.280. The molecule has 1 atom stereocenters. The molecule has 2 aromatic heterocycles. The number of carbonyl (C=O) groups is 1. The van der Waals surface area contributed by atoms with E-state index in [1.54, 1.807) is 18.2 Å². The van der Waals surface area contributed by atoms with Crippen molar-refractivity contribution in [2.24, 2.45) is 5.73 Å². The highest BCUT2D eigenvalue weighted by atomic mass is 16.5. The Bertz CT molecular complexity index is 534. The topological polar surface area (TPSA) is 94.3 Å². The second-order valence-electron chi connectivity index (χ2n) is 4.60. The molecule has 0 aliphatic heterocycles. The van der Waals surface area contributed by atoms with Crippen molar-refractivity contribution >= 4 is 5.91 Å². The van der Waals surface area contributed by atoms with Crippen LogP contribution in [0.1, 0.15) is 36.7 Å². The molecule has 0 aromatic carbocycles. The van der Waals surface area contributed by atoms with Gasteiger partial charge in [-0.25, -0.2) is 0 Å². The predicted molar refractivity (Wildman–Crippen MR) is 74.0 cm³/mol. The molecule has 3 N–H and O–H groups in total. The summed E-state index contributed by atoms with van der Waals surface area (Å²) in [5.41, 5.74) is 5.88. The summed E-state index contributed by atoms with van der Waals surface area (Å²) < 4.78 is 10.3. The molecule has 0 saturated heterocycles. The van der Waals surface area contributed by atoms with E-state index in [2.05, 4.69) is 17.4 Å². The molecule has 0 radical (unpaired) electrons. The van der Waals surface area contributed by atoms with E-state index in [0.717, 1.165) is 19.3 Å². The molecule has 6 heteroatoms. The van der Waals surface area contributed by atoms with E-state index in [1.807, 2.05) is 0 Å². The minimum Gasteiger partial charge on any atom is -0.461 e. The van der Waals surface area contributed by atoms with Crippen LogP contribution in [0.15, 0.2) is 33.4 Å². The number of aromatic nitrogens is 1. The van der Waals surface area contributed by atoms with Crippen molar-refractivity contribution in [3.8, 4) is 11.5 Å². The van der Waals surface area contributed by atoms with Crippen molar-refractivity contribution in [1.82, 2.24) is 10.5 Å². The Balaban J connectivity index is 1.99. The van der Waals surface area contributed by atoms with Crippen LogP contribution < -0.4 is 11.1 Å². The summed E-state index contributed by atoms with van der Waals surface area (Å²) in [5.74, 6) is 0.689. The maximum absolute atomic E-state index is 12.0. The molecule has 0 bridgehead atoms. The van der Waals surface area contributed by atoms with Gasteiger partial charge in [-0.15, -0.1) is 0 Å². The van der Waals surface area contributed by atoms with Crippen LogP contribution in [0.3, 0.4) is 0 Å². The largest absolute Gasteiger partial charge is 0.461 e. The third-order valence-electron chi connectivity index (χ3n) is 3.03. The first-order valence-corrected chi connectivity index (χ1v) is 6.76. The lowest BCUT2D eigenvalue weighted by Gasteiger charge is -2.15. The quantitative estimate of drug-likeness (QED) is 0.809. The second-order valence-corrected chi connectivity index (χ2v) is 4.60. The van der Waals surface area contributed by atoms with Gasteiger partial charge in [0.25, 0.3) is 5.91 Å². The number of furan rings is 1. The van der Waals surface area contributed by atoms with Crippen molar-refractivity contribution in [2.75, 3.05) is 6.54 Å². The van der Waals surface area contributed by atoms with Gasteiger partial charge in [0.2, 0.25) is 5.76 Å². The van der Waals surface area contributed by atoms with Gasteiger partial charge in [0.05, 0.1) is 6.26 Å². The fraction of sp³-hybridized carbons (Fsp3) is 0.429. The van der Waals surface area contributed by atoms with Crippen LogP contribution in [0.25, 0.3) is 11.5 Å². The standard InChI is InChI=1S/C14H19N3O3/c1-2-3-5-10(9-15)16-14(18)11-8-13(20-17-11)12-6-4-7-19-12/h4,6-8,10H,2-3,5,9,15H2,1H3,(H,16,18). The first kappa shape index (κ1) is 14.3. The number of hydrogen-bond donors (Lipinski definition) is 2. The van der Waals surface area contributed by atoms with Crippen LogP contribution in [0.2, 0.25) is 0 Å². The fourth-order valence-corrected chi connectivity index (χ4v) is 1.88. The number of carbonyl (C=O) groups excluding carboxylic acids is 1. The molecule has 1 amide bonds. The maximum atomic E-state index is 12.0. The fourth-order valence-electron chi connectivity index (χ4n) is 1.88. The number of amides is 1. The zero-order valence-corrected chi connectivity index (χ0v) is 11.5. The first-order chi connectivity index (χ1) is 9.74. The zero-order valence-electron chi connectivity index (χ0n) is 11.5. The van der Waals surface area contributed by atoms with E-state index in [4.69, 9.17) is 14.7 Å². The van der Waals surface area contributed by atoms with E-state index < -0.39 is 0 Å². The molecule has 0 fully saturated rings. The molecule has 6 nitrogen and oxygen atoms in total. The Morgan fingerprint density at radius 2 is 2.35 bits per heavy atom. The summed E-state index contributed by atoms with van der Waals surface area (Å²) in [6.07, 6.45) is 4.49. The highest BCUT2D eigenvalue weighted by molar-refractivity contribution is 5.93. The summed E-state index contributed by atoms with van der Waals surface area (Å²) in [4.78, 5) is 12.0. The third kappa shape index (κ3) is 3.48. The average Bonchev–Trinajstić information content (AvgIpc) is 3.12. The van der Waals surface area contributed by atoms with E-state index >= 15 is 0 Å². The van der Waals surface area contributed by atoms with Crippen LogP contribution in [-0.2, 0) is 0 Å². The van der Waals surface area contributed by atoms with Gasteiger partial charge in [-0.1, -0.05) is 24.9 Å². The Morgan fingerprint density at radius 3 is 3.00 bits per heavy atom. The number of hydrogen-bond acceptors (Lipinski definition) is 5. The second kappa shape index (κ2) is 6.91. The van der Waals surface area contributed by atoms with Crippen molar-refractivity contribution in [3.05, 3.63) is 30.2 Å². The third-order valence-corrected chi connectivity index (χ3v) is 3.03. The van der Waals surface area contributed by atoms with Gasteiger partial charge in [-0.3, -0.25) is 4.79 Å². The summed E-state index contributed by atoms with van der Waals surface area (Å²) in [6.45, 7) is 2.51. The lowest BCUT2D eigenvalue weighted by Crippen LogP contribution is -2.40. The van der Waals surface area contributed by atoms with Crippen molar-refractivity contribution in [2.45, 2.75) is 32.2 Å². The molecule has 0 aliphatic carbocycles. The van der Waals surface area contributed by atoms with E-state index in [-0.39, 0.29) is 17.6 Å². The van der Waals surface area contributed by atoms with Crippen molar-refractivity contribution in [1.29, 1.82) is 0 Å². The normalized spacial score (nSPS) is 12.3. The molecule has 20 heavy (non-hydrogen) atoms. The van der Waals surface area contributed by atoms with Gasteiger partial charge >= 0.3 is 0 Å². The number of rotatable bonds is 7. The van der Waals surface area contributed by atoms with E-state index in [9.17, 15) is 4.79 Å². The minimum absolute atomic E-state index is 0.0359. The molecule has 0 aliphatic rings. The number of nitrogens with one attached hydrogen (secondary N) is 1. The molecule has 2 aromatic rings. The van der Waals surface area contributed by atoms with Crippen LogP contribution in [0, 0.1) is 0 Å². The van der Waals surface area contributed by atoms with Crippen molar-refractivity contribution < 1.29 is 13.7 Å². The summed E-state index contributed by atoms with van der Waals surface area (Å²) in [7, 11) is 0. The monoisotopic (exact) mass is 277 g/mol. The molecule has 108 valence electrons. The Kier molecular flexibility index (Phi) is 4.95. The molecule has 1 unspecified atom stereocenters. The first-order valence-electron chi connectivity index (χ1n) is 6.76. The van der Waals surface area contributed by atoms with Gasteiger partial charge < -0.3 is 20.0 Å². The Morgan fingerprint density at radius 1 is 1.50 bits per heavy atom. The molecular weight excluding hydrogens is 258 g/mol. The van der Waals surface area contributed by atoms with Crippen LogP contribution in [0.5, 0.6) is 0 Å². The van der Waals surface area contributed by atoms with Gasteiger partial charge in [0, 0.05) is 18.7 Å². The summed E-state index contributed by atoms with van der Waals surface area (Å²) in [6, 6.07) is 5.01. The van der Waals surface area contributed by atoms with E-state index in [1.165, 1.54) is 6.26 Å². The molecule has 0 spiro atoms. The van der Waals surface area contributed by atoms with Crippen molar-refractivity contribution in [3.63, 3.8) is 0 Å². The molecule has 2 heterocycles. The smallest absolute Gasteiger partial charge is 0.273 e. The number of nitrogens with two attached hydrogens (primary N) is 1. The zero-order chi connectivity index (χ0) is 14.4. The predicted octanol–water partition coefficient (Wildman–Crippen LogP) is 2.18. The number of nitrogens with zero attached hydrogens (tertiary/aromatic N) is 1. The molecule has 2 rings (SSSR count). The summed E-state index contributed by atoms with van der Waals surface area (Å²) in [5, 5.41) is 6.61. The van der Waals surface area contributed by atoms with Gasteiger partial charge in [0.1, 0.15) is 0 Å². The SMILES string of the molecule is CCCCC(CN)NC(=O)c1cc(-c2ccco2)on1. The number of unbranched alkanes of at least 4 members (excludes halogenated alkanes) is 1. The van der Waals surface area contributed by atoms with Gasteiger partial charge in [-0.2, -0.15) is 0 Å². The van der Waals surface area contributed by atoms with Gasteiger partial charge in [-0.05, 0) is 18.6 Å². The van der Waals surface area contributed by atoms with Crippen LogP contribution in [-0.4, -0.2) is 23.7 Å². The highest BCUT2D eigenvalue weighted by Gasteiger charge is 2.17. The molecular formula is C14H19N3O3.